The summed E-state index contributed by atoms with van der Waals surface area (Å²) in [4.78, 5) is 47.5. The second kappa shape index (κ2) is 10.6. The lowest BCUT2D eigenvalue weighted by Crippen LogP contribution is -2.46. The average Bonchev–Trinajstić information content (AvgIpc) is 2.79. The summed E-state index contributed by atoms with van der Waals surface area (Å²) in [5.74, 6) is -4.22. The Morgan fingerprint density at radius 3 is 2.15 bits per heavy atom. The maximum Gasteiger partial charge on any atom is 0.417 e. The standard InChI is InChI=1S/C21H19F3N2O7/c1-32-17(27)11-15(12-7-9-13(10-8-12)26(30)31)18(20(29)33-2)25-19(28)14-5-3-4-6-16(14)21(22,23)24/h3-10,15,18H,11H2,1-2H3,(H,25,28)/t15-,18+/m1/s1. The molecule has 0 fully saturated rings. The van der Waals surface area contributed by atoms with Crippen molar-refractivity contribution in [1.82, 2.24) is 5.32 Å². The van der Waals surface area contributed by atoms with Gasteiger partial charge in [-0.05, 0) is 17.7 Å². The van der Waals surface area contributed by atoms with Gasteiger partial charge in [0.2, 0.25) is 0 Å². The molecule has 0 aliphatic rings. The van der Waals surface area contributed by atoms with Gasteiger partial charge in [-0.2, -0.15) is 13.2 Å². The van der Waals surface area contributed by atoms with Crippen molar-refractivity contribution in [2.45, 2.75) is 24.6 Å². The Bertz CT molecular complexity index is 1040. The van der Waals surface area contributed by atoms with Crippen LogP contribution in [0.3, 0.4) is 0 Å². The van der Waals surface area contributed by atoms with Crippen LogP contribution in [0, 0.1) is 10.1 Å². The third-order valence-corrected chi connectivity index (χ3v) is 4.77. The Hall–Kier alpha value is -3.96. The van der Waals surface area contributed by atoms with Crippen LogP contribution in [0.5, 0.6) is 0 Å². The first-order valence-corrected chi connectivity index (χ1v) is 9.35. The summed E-state index contributed by atoms with van der Waals surface area (Å²) in [6.45, 7) is 0. The molecule has 2 aromatic rings. The van der Waals surface area contributed by atoms with Crippen LogP contribution in [0.15, 0.2) is 48.5 Å². The second-order valence-corrected chi connectivity index (χ2v) is 6.75. The van der Waals surface area contributed by atoms with Crippen LogP contribution in [-0.2, 0) is 25.2 Å². The van der Waals surface area contributed by atoms with Crippen molar-refractivity contribution in [2.24, 2.45) is 0 Å². The zero-order chi connectivity index (χ0) is 24.8. The number of methoxy groups -OCH3 is 2. The van der Waals surface area contributed by atoms with E-state index in [1.54, 1.807) is 0 Å². The van der Waals surface area contributed by atoms with Crippen molar-refractivity contribution in [3.63, 3.8) is 0 Å². The molecule has 0 unspecified atom stereocenters. The number of amides is 1. The van der Waals surface area contributed by atoms with E-state index >= 15 is 0 Å². The minimum Gasteiger partial charge on any atom is -0.469 e. The van der Waals surface area contributed by atoms with Crippen molar-refractivity contribution in [2.75, 3.05) is 14.2 Å². The molecular formula is C21H19F3N2O7. The fourth-order valence-corrected chi connectivity index (χ4v) is 3.13. The van der Waals surface area contributed by atoms with Crippen LogP contribution in [-0.4, -0.2) is 43.0 Å². The third kappa shape index (κ3) is 6.28. The highest BCUT2D eigenvalue weighted by Gasteiger charge is 2.38. The smallest absolute Gasteiger partial charge is 0.417 e. The zero-order valence-electron chi connectivity index (χ0n) is 17.4. The lowest BCUT2D eigenvalue weighted by Gasteiger charge is -2.26. The van der Waals surface area contributed by atoms with Gasteiger partial charge in [0, 0.05) is 18.1 Å². The van der Waals surface area contributed by atoms with Gasteiger partial charge in [0.1, 0.15) is 6.04 Å². The Kier molecular flexibility index (Phi) is 8.10. The Morgan fingerprint density at radius 2 is 1.64 bits per heavy atom. The van der Waals surface area contributed by atoms with E-state index in [1.165, 1.54) is 18.2 Å². The molecule has 0 aliphatic heterocycles. The molecule has 0 aliphatic carbocycles. The number of halogens is 3. The molecule has 0 radical (unpaired) electrons. The van der Waals surface area contributed by atoms with Gasteiger partial charge in [-0.3, -0.25) is 19.7 Å². The fourth-order valence-electron chi connectivity index (χ4n) is 3.13. The summed E-state index contributed by atoms with van der Waals surface area (Å²) in [5, 5.41) is 13.1. The van der Waals surface area contributed by atoms with Gasteiger partial charge in [-0.15, -0.1) is 0 Å². The lowest BCUT2D eigenvalue weighted by molar-refractivity contribution is -0.384. The van der Waals surface area contributed by atoms with Crippen LogP contribution in [0.1, 0.15) is 33.8 Å². The number of nitro benzene ring substituents is 1. The van der Waals surface area contributed by atoms with E-state index < -0.39 is 58.5 Å². The first-order valence-electron chi connectivity index (χ1n) is 9.35. The quantitative estimate of drug-likeness (QED) is 0.358. The number of alkyl halides is 3. The summed E-state index contributed by atoms with van der Waals surface area (Å²) in [6.07, 6.45) is -5.31. The van der Waals surface area contributed by atoms with Crippen molar-refractivity contribution in [3.8, 4) is 0 Å². The highest BCUT2D eigenvalue weighted by atomic mass is 19.4. The molecule has 0 heterocycles. The third-order valence-electron chi connectivity index (χ3n) is 4.77. The van der Waals surface area contributed by atoms with Gasteiger partial charge in [0.05, 0.1) is 36.7 Å². The van der Waals surface area contributed by atoms with Gasteiger partial charge >= 0.3 is 18.1 Å². The zero-order valence-corrected chi connectivity index (χ0v) is 17.4. The number of esters is 2. The summed E-state index contributed by atoms with van der Waals surface area (Å²) >= 11 is 0. The molecule has 0 saturated heterocycles. The van der Waals surface area contributed by atoms with Crippen molar-refractivity contribution in [3.05, 3.63) is 75.3 Å². The van der Waals surface area contributed by atoms with E-state index in [0.29, 0.717) is 6.07 Å². The molecule has 33 heavy (non-hydrogen) atoms. The Labute approximate surface area is 185 Å². The molecule has 2 atom stereocenters. The van der Waals surface area contributed by atoms with Crippen LogP contribution in [0.2, 0.25) is 0 Å². The van der Waals surface area contributed by atoms with E-state index in [1.807, 2.05) is 0 Å². The number of hydrogen-bond donors (Lipinski definition) is 1. The minimum atomic E-state index is -4.83. The van der Waals surface area contributed by atoms with E-state index in [0.717, 1.165) is 38.5 Å². The van der Waals surface area contributed by atoms with E-state index in [4.69, 9.17) is 4.74 Å². The molecule has 0 bridgehead atoms. The maximum atomic E-state index is 13.3. The van der Waals surface area contributed by atoms with Crippen LogP contribution in [0.4, 0.5) is 18.9 Å². The predicted molar refractivity (Wildman–Crippen MR) is 107 cm³/mol. The molecular weight excluding hydrogens is 449 g/mol. The molecule has 9 nitrogen and oxygen atoms in total. The van der Waals surface area contributed by atoms with Gasteiger partial charge in [-0.1, -0.05) is 24.3 Å². The highest BCUT2D eigenvalue weighted by molar-refractivity contribution is 5.98. The van der Waals surface area contributed by atoms with Crippen LogP contribution < -0.4 is 5.32 Å². The number of carbonyl (C=O) groups excluding carboxylic acids is 3. The number of carbonyl (C=O) groups is 3. The van der Waals surface area contributed by atoms with E-state index in [9.17, 15) is 37.7 Å². The summed E-state index contributed by atoms with van der Waals surface area (Å²) < 4.78 is 49.3. The largest absolute Gasteiger partial charge is 0.469 e. The second-order valence-electron chi connectivity index (χ2n) is 6.75. The maximum absolute atomic E-state index is 13.3. The molecule has 0 spiro atoms. The van der Waals surface area contributed by atoms with E-state index in [2.05, 4.69) is 10.1 Å². The Morgan fingerprint density at radius 1 is 1.03 bits per heavy atom. The SMILES string of the molecule is COC(=O)C[C@H](c1ccc([N+](=O)[O-])cc1)[C@H](NC(=O)c1ccccc1C(F)(F)F)C(=O)OC. The van der Waals surface area contributed by atoms with Crippen molar-refractivity contribution >= 4 is 23.5 Å². The molecule has 2 aromatic carbocycles. The molecule has 1 amide bonds. The van der Waals surface area contributed by atoms with Gasteiger partial charge < -0.3 is 14.8 Å². The highest BCUT2D eigenvalue weighted by Crippen LogP contribution is 2.32. The molecule has 2 rings (SSSR count). The number of non-ortho nitro benzene ring substituents is 1. The number of ether oxygens (including phenoxy) is 2. The molecule has 12 heteroatoms. The predicted octanol–water partition coefficient (Wildman–Crippen LogP) is 3.23. The van der Waals surface area contributed by atoms with Gasteiger partial charge in [0.15, 0.2) is 0 Å². The summed E-state index contributed by atoms with van der Waals surface area (Å²) in [7, 11) is 2.08. The summed E-state index contributed by atoms with van der Waals surface area (Å²) in [6, 6.07) is 7.13. The van der Waals surface area contributed by atoms with Crippen molar-refractivity contribution in [1.29, 1.82) is 0 Å². The summed E-state index contributed by atoms with van der Waals surface area (Å²) in [5.41, 5.74) is -2.01. The first-order chi connectivity index (χ1) is 15.5. The minimum absolute atomic E-state index is 0.214. The van der Waals surface area contributed by atoms with Gasteiger partial charge in [-0.25, -0.2) is 4.79 Å². The number of rotatable bonds is 8. The van der Waals surface area contributed by atoms with Gasteiger partial charge in [0.25, 0.3) is 11.6 Å². The fraction of sp³-hybridized carbons (Fsp3) is 0.286. The number of nitrogens with one attached hydrogen (secondary N) is 1. The topological polar surface area (TPSA) is 125 Å². The number of benzene rings is 2. The molecule has 0 aromatic heterocycles. The van der Waals surface area contributed by atoms with Crippen LogP contribution >= 0.6 is 0 Å². The molecule has 0 saturated carbocycles. The molecule has 176 valence electrons. The normalized spacial score (nSPS) is 12.9. The van der Waals surface area contributed by atoms with Crippen molar-refractivity contribution < 1.29 is 42.0 Å². The number of hydrogen-bond acceptors (Lipinski definition) is 7. The lowest BCUT2D eigenvalue weighted by atomic mass is 9.87. The Balaban J connectivity index is 2.50. The average molecular weight is 468 g/mol. The van der Waals surface area contributed by atoms with E-state index in [-0.39, 0.29) is 11.3 Å². The number of nitro groups is 1. The number of nitrogens with zero attached hydrogens (tertiary/aromatic N) is 1. The van der Waals surface area contributed by atoms with Crippen LogP contribution in [0.25, 0.3) is 0 Å². The monoisotopic (exact) mass is 468 g/mol. The molecule has 1 N–H and O–H groups in total. The first kappa shape index (κ1) is 25.3.